The summed E-state index contributed by atoms with van der Waals surface area (Å²) in [5.74, 6) is -0.594. The van der Waals surface area contributed by atoms with Gasteiger partial charge < -0.3 is 36.8 Å². The molecule has 1 aliphatic carbocycles. The molecular formula is C42H61N7O5. The zero-order valence-corrected chi connectivity index (χ0v) is 32.2. The number of nitrogens with one attached hydrogen (secondary N) is 4. The molecule has 54 heavy (non-hydrogen) atoms. The highest BCUT2D eigenvalue weighted by Gasteiger charge is 2.48. The first-order valence-corrected chi connectivity index (χ1v) is 20.0. The summed E-state index contributed by atoms with van der Waals surface area (Å²) in [6, 6.07) is 17.5. The fourth-order valence-electron chi connectivity index (χ4n) is 7.74. The monoisotopic (exact) mass is 743 g/mol. The molecule has 5 amide bonds. The number of hydrogen-bond acceptors (Lipinski definition) is 7. The Kier molecular flexibility index (Phi) is 15.0. The quantitative estimate of drug-likeness (QED) is 0.130. The number of amides is 5. The number of nitrogens with zero attached hydrogens (tertiary/aromatic N) is 2. The number of aryl methyl sites for hydroxylation is 1. The Balaban J connectivity index is 1.20. The Bertz CT molecular complexity index is 1540. The standard InChI is InChI=1S/C42H61N7O5/c1-30(34-13-7-4-8-14-34)26-44-27-38(51)45-35(19-18-32-11-5-3-6-12-32)39(52)47-37(25-33-16-17-33)40(53)46-36(15-9-10-22-43)41(54)49-28-42(29-49)20-23-48(24-21-42)31(2)50/h3-8,11-14,30,33,35-37,44H,9-10,15-29,43H2,1-2H3,(H,45,51)(H,46,53)(H,47,52)/t30-,35+,36+,37+/m0/s1. The van der Waals surface area contributed by atoms with Crippen molar-refractivity contribution in [3.8, 4) is 0 Å². The van der Waals surface area contributed by atoms with Crippen LogP contribution in [0, 0.1) is 11.3 Å². The average molecular weight is 744 g/mol. The molecule has 3 aliphatic rings. The number of benzene rings is 2. The Hall–Kier alpha value is -4.29. The van der Waals surface area contributed by atoms with Crippen LogP contribution < -0.4 is 27.0 Å². The smallest absolute Gasteiger partial charge is 0.245 e. The van der Waals surface area contributed by atoms with Crippen LogP contribution in [-0.2, 0) is 30.4 Å². The minimum Gasteiger partial charge on any atom is -0.343 e. The van der Waals surface area contributed by atoms with E-state index in [0.29, 0.717) is 77.3 Å². The highest BCUT2D eigenvalue weighted by molar-refractivity contribution is 5.94. The number of likely N-dealkylation sites (tertiary alicyclic amines) is 2. The molecule has 2 aromatic rings. The van der Waals surface area contributed by atoms with Gasteiger partial charge in [0.1, 0.15) is 18.1 Å². The van der Waals surface area contributed by atoms with Crippen LogP contribution in [0.15, 0.2) is 60.7 Å². The van der Waals surface area contributed by atoms with Crippen molar-refractivity contribution in [2.45, 2.75) is 102 Å². The van der Waals surface area contributed by atoms with E-state index in [2.05, 4.69) is 40.3 Å². The number of carbonyl (C=O) groups is 5. The van der Waals surface area contributed by atoms with Gasteiger partial charge in [0.2, 0.25) is 29.5 Å². The second-order valence-electron chi connectivity index (χ2n) is 15.9. The third-order valence-electron chi connectivity index (χ3n) is 11.4. The van der Waals surface area contributed by atoms with Crippen molar-refractivity contribution in [1.82, 2.24) is 31.1 Å². The summed E-state index contributed by atoms with van der Waals surface area (Å²) in [7, 11) is 0. The fourth-order valence-corrected chi connectivity index (χ4v) is 7.74. The number of piperidine rings is 1. The molecule has 2 saturated heterocycles. The first-order chi connectivity index (χ1) is 26.1. The summed E-state index contributed by atoms with van der Waals surface area (Å²) < 4.78 is 0. The SMILES string of the molecule is CC(=O)N1CCC2(CC1)CN(C(=O)[C@@H](CCCCN)NC(=O)[C@@H](CC1CC1)NC(=O)[C@@H](CCc1ccccc1)NC(=O)CNC[C@H](C)c1ccccc1)C2. The summed E-state index contributed by atoms with van der Waals surface area (Å²) in [5.41, 5.74) is 8.01. The number of nitrogens with two attached hydrogens (primary N) is 1. The van der Waals surface area contributed by atoms with Crippen LogP contribution in [0.1, 0.15) is 88.7 Å². The van der Waals surface area contributed by atoms with Crippen molar-refractivity contribution >= 4 is 29.5 Å². The molecule has 1 spiro atoms. The maximum atomic E-state index is 14.0. The predicted molar refractivity (Wildman–Crippen MR) is 209 cm³/mol. The van der Waals surface area contributed by atoms with E-state index in [1.165, 1.54) is 5.56 Å². The Morgan fingerprint density at radius 3 is 2.06 bits per heavy atom. The lowest BCUT2D eigenvalue weighted by Crippen LogP contribution is -2.65. The third-order valence-corrected chi connectivity index (χ3v) is 11.4. The van der Waals surface area contributed by atoms with Crippen LogP contribution in [0.4, 0.5) is 0 Å². The highest BCUT2D eigenvalue weighted by atomic mass is 16.2. The van der Waals surface area contributed by atoms with Crippen molar-refractivity contribution in [2.24, 2.45) is 17.1 Å². The normalized spacial score (nSPS) is 18.5. The molecule has 4 atom stereocenters. The lowest BCUT2D eigenvalue weighted by Gasteiger charge is -2.54. The lowest BCUT2D eigenvalue weighted by molar-refractivity contribution is -0.153. The van der Waals surface area contributed by atoms with Gasteiger partial charge in [-0.25, -0.2) is 0 Å². The first-order valence-electron chi connectivity index (χ1n) is 20.0. The van der Waals surface area contributed by atoms with E-state index in [-0.39, 0.29) is 41.5 Å². The number of rotatable bonds is 20. The van der Waals surface area contributed by atoms with Gasteiger partial charge in [-0.3, -0.25) is 24.0 Å². The lowest BCUT2D eigenvalue weighted by atomic mass is 9.71. The Labute approximate surface area is 320 Å². The van der Waals surface area contributed by atoms with Gasteiger partial charge in [-0.1, -0.05) is 80.4 Å². The fraction of sp³-hybridized carbons (Fsp3) is 0.595. The molecule has 3 fully saturated rings. The van der Waals surface area contributed by atoms with E-state index in [1.54, 1.807) is 6.92 Å². The van der Waals surface area contributed by atoms with Crippen LogP contribution in [0.5, 0.6) is 0 Å². The van der Waals surface area contributed by atoms with Crippen molar-refractivity contribution in [1.29, 1.82) is 0 Å². The van der Waals surface area contributed by atoms with Crippen LogP contribution in [0.3, 0.4) is 0 Å². The molecule has 2 aliphatic heterocycles. The zero-order chi connectivity index (χ0) is 38.5. The summed E-state index contributed by atoms with van der Waals surface area (Å²) in [6.45, 7) is 7.47. The molecule has 1 saturated carbocycles. The molecule has 0 bridgehead atoms. The Morgan fingerprint density at radius 1 is 0.796 bits per heavy atom. The molecule has 5 rings (SSSR count). The third kappa shape index (κ3) is 12.1. The molecule has 2 heterocycles. The van der Waals surface area contributed by atoms with E-state index in [4.69, 9.17) is 5.73 Å². The van der Waals surface area contributed by atoms with Crippen LogP contribution >= 0.6 is 0 Å². The van der Waals surface area contributed by atoms with Gasteiger partial charge >= 0.3 is 0 Å². The van der Waals surface area contributed by atoms with Gasteiger partial charge in [-0.05, 0) is 80.9 Å². The minimum absolute atomic E-state index is 0.0186. The molecule has 6 N–H and O–H groups in total. The maximum Gasteiger partial charge on any atom is 0.245 e. The summed E-state index contributed by atoms with van der Waals surface area (Å²) in [6.07, 6.45) is 6.97. The first kappa shape index (κ1) is 40.9. The van der Waals surface area contributed by atoms with E-state index in [9.17, 15) is 24.0 Å². The topological polar surface area (TPSA) is 166 Å². The van der Waals surface area contributed by atoms with Crippen LogP contribution in [0.2, 0.25) is 0 Å². The van der Waals surface area contributed by atoms with E-state index in [0.717, 1.165) is 37.7 Å². The molecule has 2 aromatic carbocycles. The second-order valence-corrected chi connectivity index (χ2v) is 15.9. The summed E-state index contributed by atoms with van der Waals surface area (Å²) in [4.78, 5) is 70.6. The van der Waals surface area contributed by atoms with E-state index >= 15 is 0 Å². The molecular weight excluding hydrogens is 683 g/mol. The van der Waals surface area contributed by atoms with Crippen molar-refractivity contribution < 1.29 is 24.0 Å². The molecule has 0 aromatic heterocycles. The largest absolute Gasteiger partial charge is 0.343 e. The van der Waals surface area contributed by atoms with Crippen molar-refractivity contribution in [3.05, 3.63) is 71.8 Å². The number of hydrogen-bond donors (Lipinski definition) is 5. The molecule has 0 radical (unpaired) electrons. The molecule has 0 unspecified atom stereocenters. The molecule has 294 valence electrons. The number of carbonyl (C=O) groups excluding carboxylic acids is 5. The van der Waals surface area contributed by atoms with Gasteiger partial charge in [-0.2, -0.15) is 0 Å². The van der Waals surface area contributed by atoms with Crippen molar-refractivity contribution in [2.75, 3.05) is 45.8 Å². The van der Waals surface area contributed by atoms with Gasteiger partial charge in [0.15, 0.2) is 0 Å². The van der Waals surface area contributed by atoms with Crippen LogP contribution in [-0.4, -0.2) is 103 Å². The van der Waals surface area contributed by atoms with Gasteiger partial charge in [-0.15, -0.1) is 0 Å². The summed E-state index contributed by atoms with van der Waals surface area (Å²) in [5, 5.41) is 12.2. The van der Waals surface area contributed by atoms with Gasteiger partial charge in [0.25, 0.3) is 0 Å². The molecule has 12 heteroatoms. The van der Waals surface area contributed by atoms with Gasteiger partial charge in [0, 0.05) is 45.1 Å². The van der Waals surface area contributed by atoms with E-state index in [1.807, 2.05) is 58.3 Å². The zero-order valence-electron chi connectivity index (χ0n) is 32.2. The van der Waals surface area contributed by atoms with Gasteiger partial charge in [0.05, 0.1) is 6.54 Å². The predicted octanol–water partition coefficient (Wildman–Crippen LogP) is 2.87. The van der Waals surface area contributed by atoms with E-state index < -0.39 is 24.0 Å². The average Bonchev–Trinajstić information content (AvgIpc) is 3.99. The second kappa shape index (κ2) is 19.9. The number of unbranched alkanes of at least 4 members (excludes halogenated alkanes) is 1. The summed E-state index contributed by atoms with van der Waals surface area (Å²) >= 11 is 0. The maximum absolute atomic E-state index is 14.0. The van der Waals surface area contributed by atoms with Crippen LogP contribution in [0.25, 0.3) is 0 Å². The molecule has 12 nitrogen and oxygen atoms in total. The minimum atomic E-state index is -0.853. The highest BCUT2D eigenvalue weighted by Crippen LogP contribution is 2.41. The Morgan fingerprint density at radius 2 is 1.43 bits per heavy atom. The van der Waals surface area contributed by atoms with Crippen molar-refractivity contribution in [3.63, 3.8) is 0 Å².